The number of rotatable bonds is 6. The third-order valence-corrected chi connectivity index (χ3v) is 3.54. The zero-order chi connectivity index (χ0) is 16.9. The van der Waals surface area contributed by atoms with Gasteiger partial charge in [-0.25, -0.2) is 8.78 Å². The molecule has 0 saturated carbocycles. The summed E-state index contributed by atoms with van der Waals surface area (Å²) in [6.07, 6.45) is 1.44. The van der Waals surface area contributed by atoms with Crippen molar-refractivity contribution >= 4 is 16.6 Å². The fourth-order valence-corrected chi connectivity index (χ4v) is 2.37. The Morgan fingerprint density at radius 2 is 1.67 bits per heavy atom. The summed E-state index contributed by atoms with van der Waals surface area (Å²) in [6.45, 7) is 0.800. The van der Waals surface area contributed by atoms with E-state index in [-0.39, 0.29) is 10.9 Å². The van der Waals surface area contributed by atoms with E-state index < -0.39 is 11.6 Å². The van der Waals surface area contributed by atoms with Crippen molar-refractivity contribution in [2.24, 2.45) is 0 Å². The first kappa shape index (κ1) is 16.0. The monoisotopic (exact) mass is 330 g/mol. The SMILES string of the molecule is COc1ccc(OCCNc2ccnc3c(F)ccc(F)c23)cc1. The number of pyridine rings is 1. The first-order chi connectivity index (χ1) is 11.7. The topological polar surface area (TPSA) is 43.4 Å². The van der Waals surface area contributed by atoms with E-state index in [0.717, 1.165) is 17.9 Å². The van der Waals surface area contributed by atoms with Crippen molar-refractivity contribution in [3.05, 3.63) is 60.3 Å². The number of methoxy groups -OCH3 is 1. The van der Waals surface area contributed by atoms with Crippen molar-refractivity contribution in [1.82, 2.24) is 4.98 Å². The minimum atomic E-state index is -0.551. The second-order valence-electron chi connectivity index (χ2n) is 5.06. The smallest absolute Gasteiger partial charge is 0.149 e. The summed E-state index contributed by atoms with van der Waals surface area (Å²) in [5.41, 5.74) is 0.492. The van der Waals surface area contributed by atoms with Crippen LogP contribution in [0, 0.1) is 11.6 Å². The third kappa shape index (κ3) is 3.37. The average molecular weight is 330 g/mol. The van der Waals surface area contributed by atoms with Crippen LogP contribution in [-0.4, -0.2) is 25.2 Å². The van der Waals surface area contributed by atoms with Gasteiger partial charge in [0.15, 0.2) is 0 Å². The van der Waals surface area contributed by atoms with Crippen LogP contribution in [0.5, 0.6) is 11.5 Å². The van der Waals surface area contributed by atoms with Gasteiger partial charge in [-0.15, -0.1) is 0 Å². The van der Waals surface area contributed by atoms with Crippen molar-refractivity contribution in [2.45, 2.75) is 0 Å². The molecule has 124 valence electrons. The third-order valence-electron chi connectivity index (χ3n) is 3.54. The minimum Gasteiger partial charge on any atom is -0.497 e. The number of aromatic nitrogens is 1. The van der Waals surface area contributed by atoms with Gasteiger partial charge in [0, 0.05) is 18.4 Å². The number of hydrogen-bond acceptors (Lipinski definition) is 4. The highest BCUT2D eigenvalue weighted by Gasteiger charge is 2.11. The molecular formula is C18H16F2N2O2. The van der Waals surface area contributed by atoms with Crippen LogP contribution in [0.1, 0.15) is 0 Å². The van der Waals surface area contributed by atoms with E-state index in [1.165, 1.54) is 6.20 Å². The maximum atomic E-state index is 14.0. The van der Waals surface area contributed by atoms with E-state index in [0.29, 0.717) is 24.6 Å². The molecule has 0 amide bonds. The van der Waals surface area contributed by atoms with Gasteiger partial charge in [0.2, 0.25) is 0 Å². The van der Waals surface area contributed by atoms with Gasteiger partial charge in [-0.1, -0.05) is 0 Å². The van der Waals surface area contributed by atoms with Crippen LogP contribution >= 0.6 is 0 Å². The van der Waals surface area contributed by atoms with Crippen molar-refractivity contribution in [1.29, 1.82) is 0 Å². The number of ether oxygens (including phenoxy) is 2. The Morgan fingerprint density at radius 1 is 0.958 bits per heavy atom. The van der Waals surface area contributed by atoms with E-state index in [9.17, 15) is 8.78 Å². The molecule has 24 heavy (non-hydrogen) atoms. The van der Waals surface area contributed by atoms with Crippen LogP contribution in [0.15, 0.2) is 48.7 Å². The molecule has 0 radical (unpaired) electrons. The number of benzene rings is 2. The second-order valence-corrected chi connectivity index (χ2v) is 5.06. The van der Waals surface area contributed by atoms with E-state index in [2.05, 4.69) is 10.3 Å². The molecule has 4 nitrogen and oxygen atoms in total. The van der Waals surface area contributed by atoms with Crippen LogP contribution < -0.4 is 14.8 Å². The number of fused-ring (bicyclic) bond motifs is 1. The lowest BCUT2D eigenvalue weighted by molar-refractivity contribution is 0.332. The van der Waals surface area contributed by atoms with Gasteiger partial charge in [-0.2, -0.15) is 0 Å². The highest BCUT2D eigenvalue weighted by molar-refractivity contribution is 5.91. The molecular weight excluding hydrogens is 314 g/mol. The summed E-state index contributed by atoms with van der Waals surface area (Å²) >= 11 is 0. The lowest BCUT2D eigenvalue weighted by atomic mass is 10.1. The Labute approximate surface area is 138 Å². The molecule has 0 aliphatic carbocycles. The normalized spacial score (nSPS) is 10.6. The van der Waals surface area contributed by atoms with Gasteiger partial charge >= 0.3 is 0 Å². The molecule has 3 rings (SSSR count). The summed E-state index contributed by atoms with van der Waals surface area (Å²) in [7, 11) is 1.60. The maximum Gasteiger partial charge on any atom is 0.149 e. The van der Waals surface area contributed by atoms with Gasteiger partial charge in [-0.3, -0.25) is 4.98 Å². The lowest BCUT2D eigenvalue weighted by Gasteiger charge is -2.11. The largest absolute Gasteiger partial charge is 0.497 e. The van der Waals surface area contributed by atoms with Crippen LogP contribution in [0.3, 0.4) is 0 Å². The van der Waals surface area contributed by atoms with E-state index in [4.69, 9.17) is 9.47 Å². The number of anilines is 1. The number of nitrogens with zero attached hydrogens (tertiary/aromatic N) is 1. The van der Waals surface area contributed by atoms with Crippen molar-refractivity contribution in [3.63, 3.8) is 0 Å². The summed E-state index contributed by atoms with van der Waals surface area (Å²) in [4.78, 5) is 3.90. The van der Waals surface area contributed by atoms with Gasteiger partial charge in [0.1, 0.15) is 35.3 Å². The van der Waals surface area contributed by atoms with Gasteiger partial charge in [0.05, 0.1) is 12.5 Å². The molecule has 2 aromatic carbocycles. The molecule has 6 heteroatoms. The Kier molecular flexibility index (Phi) is 4.74. The molecule has 0 unspecified atom stereocenters. The second kappa shape index (κ2) is 7.12. The molecule has 1 heterocycles. The Morgan fingerprint density at radius 3 is 2.42 bits per heavy atom. The number of hydrogen-bond donors (Lipinski definition) is 1. The van der Waals surface area contributed by atoms with Gasteiger partial charge in [-0.05, 0) is 42.5 Å². The van der Waals surface area contributed by atoms with Crippen molar-refractivity contribution in [3.8, 4) is 11.5 Å². The molecule has 0 fully saturated rings. The summed E-state index contributed by atoms with van der Waals surface area (Å²) in [5.74, 6) is 0.387. The minimum absolute atomic E-state index is 0.0103. The van der Waals surface area contributed by atoms with Gasteiger partial charge < -0.3 is 14.8 Å². The molecule has 1 aromatic heterocycles. The van der Waals surface area contributed by atoms with Crippen LogP contribution in [-0.2, 0) is 0 Å². The predicted octanol–water partition coefficient (Wildman–Crippen LogP) is 4.01. The summed E-state index contributed by atoms with van der Waals surface area (Å²) in [5, 5.41) is 3.19. The lowest BCUT2D eigenvalue weighted by Crippen LogP contribution is -2.12. The van der Waals surface area contributed by atoms with E-state index in [1.54, 1.807) is 37.4 Å². The fraction of sp³-hybridized carbons (Fsp3) is 0.167. The van der Waals surface area contributed by atoms with Crippen LogP contribution in [0.25, 0.3) is 10.9 Å². The molecule has 0 bridgehead atoms. The predicted molar refractivity (Wildman–Crippen MR) is 88.6 cm³/mol. The maximum absolute atomic E-state index is 14.0. The fourth-order valence-electron chi connectivity index (χ4n) is 2.37. The standard InChI is InChI=1S/C18H16F2N2O2/c1-23-12-2-4-13(5-3-12)24-11-10-21-16-8-9-22-18-15(20)7-6-14(19)17(16)18/h2-9H,10-11H2,1H3,(H,21,22). The van der Waals surface area contributed by atoms with Crippen LogP contribution in [0.4, 0.5) is 14.5 Å². The molecule has 1 N–H and O–H groups in total. The average Bonchev–Trinajstić information content (AvgIpc) is 2.62. The molecule has 3 aromatic rings. The van der Waals surface area contributed by atoms with Crippen LogP contribution in [0.2, 0.25) is 0 Å². The Balaban J connectivity index is 1.64. The first-order valence-corrected chi connectivity index (χ1v) is 7.42. The highest BCUT2D eigenvalue weighted by atomic mass is 19.1. The van der Waals surface area contributed by atoms with Gasteiger partial charge in [0.25, 0.3) is 0 Å². The molecule has 0 spiro atoms. The Hall–Kier alpha value is -2.89. The highest BCUT2D eigenvalue weighted by Crippen LogP contribution is 2.26. The molecule has 0 aliphatic heterocycles. The number of nitrogens with one attached hydrogen (secondary N) is 1. The first-order valence-electron chi connectivity index (χ1n) is 7.42. The summed E-state index contributed by atoms with van der Waals surface area (Å²) in [6, 6.07) is 11.0. The van der Waals surface area contributed by atoms with E-state index >= 15 is 0 Å². The molecule has 0 atom stereocenters. The quantitative estimate of drug-likeness (QED) is 0.694. The van der Waals surface area contributed by atoms with Crippen molar-refractivity contribution in [2.75, 3.05) is 25.6 Å². The van der Waals surface area contributed by atoms with E-state index in [1.807, 2.05) is 0 Å². The summed E-state index contributed by atoms with van der Waals surface area (Å²) < 4.78 is 38.4. The zero-order valence-electron chi connectivity index (χ0n) is 13.1. The molecule has 0 saturated heterocycles. The zero-order valence-corrected chi connectivity index (χ0v) is 13.1. The van der Waals surface area contributed by atoms with Crippen molar-refractivity contribution < 1.29 is 18.3 Å². The molecule has 0 aliphatic rings. The Bertz CT molecular complexity index is 838. The number of halogens is 2.